The largest absolute Gasteiger partial charge is 0.452 e. The first kappa shape index (κ1) is 20.2. The summed E-state index contributed by atoms with van der Waals surface area (Å²) >= 11 is 0. The first-order valence-corrected chi connectivity index (χ1v) is 8.87. The van der Waals surface area contributed by atoms with E-state index in [9.17, 15) is 14.4 Å². The van der Waals surface area contributed by atoms with E-state index >= 15 is 0 Å². The molecule has 0 radical (unpaired) electrons. The quantitative estimate of drug-likeness (QED) is 0.761. The number of esters is 1. The third-order valence-corrected chi connectivity index (χ3v) is 4.05. The maximum absolute atomic E-state index is 12.3. The molecule has 0 heterocycles. The second-order valence-corrected chi connectivity index (χ2v) is 6.05. The summed E-state index contributed by atoms with van der Waals surface area (Å²) in [5.74, 6) is -1.04. The zero-order chi connectivity index (χ0) is 19.8. The molecule has 2 aromatic carbocycles. The van der Waals surface area contributed by atoms with E-state index in [1.165, 1.54) is 0 Å². The Morgan fingerprint density at radius 1 is 0.963 bits per heavy atom. The Balaban J connectivity index is 1.88. The highest BCUT2D eigenvalue weighted by molar-refractivity contribution is 5.97. The molecule has 0 aromatic heterocycles. The van der Waals surface area contributed by atoms with Crippen LogP contribution in [0.5, 0.6) is 0 Å². The number of nitrogens with zero attached hydrogens (tertiary/aromatic N) is 1. The summed E-state index contributed by atoms with van der Waals surface area (Å²) in [7, 11) is 0. The van der Waals surface area contributed by atoms with Gasteiger partial charge in [-0.2, -0.15) is 0 Å². The summed E-state index contributed by atoms with van der Waals surface area (Å²) in [4.78, 5) is 37.9. The second-order valence-electron chi connectivity index (χ2n) is 6.05. The highest BCUT2D eigenvalue weighted by Gasteiger charge is 2.13. The molecule has 0 aliphatic carbocycles. The minimum atomic E-state index is -0.547. The van der Waals surface area contributed by atoms with E-state index in [1.54, 1.807) is 47.4 Å². The Morgan fingerprint density at radius 2 is 1.63 bits per heavy atom. The van der Waals surface area contributed by atoms with Crippen LogP contribution >= 0.6 is 0 Å². The van der Waals surface area contributed by atoms with Gasteiger partial charge in [0.05, 0.1) is 5.56 Å². The highest BCUT2D eigenvalue weighted by Crippen LogP contribution is 2.12. The molecule has 27 heavy (non-hydrogen) atoms. The number of aryl methyl sites for hydroxylation is 1. The fraction of sp³-hybridized carbons (Fsp3) is 0.286. The lowest BCUT2D eigenvalue weighted by atomic mass is 10.1. The molecule has 0 aliphatic rings. The predicted octanol–water partition coefficient (Wildman–Crippen LogP) is 3.27. The molecule has 1 N–H and O–H groups in total. The Labute approximate surface area is 159 Å². The Morgan fingerprint density at radius 3 is 2.22 bits per heavy atom. The number of carbonyl (C=O) groups excluding carboxylic acids is 3. The number of benzene rings is 2. The number of ether oxygens (including phenoxy) is 1. The number of amides is 2. The van der Waals surface area contributed by atoms with E-state index in [4.69, 9.17) is 4.74 Å². The number of anilines is 1. The van der Waals surface area contributed by atoms with Crippen molar-refractivity contribution in [3.8, 4) is 0 Å². The van der Waals surface area contributed by atoms with Crippen LogP contribution in [0.2, 0.25) is 0 Å². The molecule has 2 aromatic rings. The summed E-state index contributed by atoms with van der Waals surface area (Å²) in [5, 5.41) is 2.64. The number of hydrogen-bond donors (Lipinski definition) is 1. The van der Waals surface area contributed by atoms with Gasteiger partial charge in [0, 0.05) is 24.3 Å². The maximum Gasteiger partial charge on any atom is 0.338 e. The molecule has 0 fully saturated rings. The Bertz CT molecular complexity index is 811. The van der Waals surface area contributed by atoms with E-state index in [2.05, 4.69) is 5.32 Å². The van der Waals surface area contributed by atoms with Crippen LogP contribution < -0.4 is 5.32 Å². The number of carbonyl (C=O) groups is 3. The summed E-state index contributed by atoms with van der Waals surface area (Å²) in [6.45, 7) is 6.62. The lowest BCUT2D eigenvalue weighted by molar-refractivity contribution is -0.119. The van der Waals surface area contributed by atoms with Gasteiger partial charge >= 0.3 is 5.97 Å². The van der Waals surface area contributed by atoms with Crippen molar-refractivity contribution in [3.05, 3.63) is 65.2 Å². The van der Waals surface area contributed by atoms with Crippen LogP contribution in [0.15, 0.2) is 48.5 Å². The van der Waals surface area contributed by atoms with Gasteiger partial charge in [0.25, 0.3) is 11.8 Å². The molecular formula is C21H24N2O4. The van der Waals surface area contributed by atoms with Gasteiger partial charge in [0.15, 0.2) is 6.61 Å². The Hall–Kier alpha value is -3.15. The third-order valence-electron chi connectivity index (χ3n) is 4.05. The molecule has 142 valence electrons. The van der Waals surface area contributed by atoms with Crippen molar-refractivity contribution in [2.24, 2.45) is 0 Å². The number of nitrogens with one attached hydrogen (secondary N) is 1. The van der Waals surface area contributed by atoms with Crippen LogP contribution in [0.4, 0.5) is 5.69 Å². The minimum Gasteiger partial charge on any atom is -0.452 e. The zero-order valence-corrected chi connectivity index (χ0v) is 15.8. The average Bonchev–Trinajstić information content (AvgIpc) is 2.67. The van der Waals surface area contributed by atoms with E-state index in [0.29, 0.717) is 29.9 Å². The topological polar surface area (TPSA) is 75.7 Å². The summed E-state index contributed by atoms with van der Waals surface area (Å²) in [6.07, 6.45) is 0. The maximum atomic E-state index is 12.3. The van der Waals surface area contributed by atoms with E-state index in [-0.39, 0.29) is 12.5 Å². The normalized spacial score (nSPS) is 10.2. The van der Waals surface area contributed by atoms with Crippen LogP contribution in [-0.4, -0.2) is 42.4 Å². The molecule has 0 unspecified atom stereocenters. The second kappa shape index (κ2) is 9.52. The lowest BCUT2D eigenvalue weighted by Crippen LogP contribution is -2.30. The van der Waals surface area contributed by atoms with Crippen LogP contribution in [-0.2, 0) is 9.53 Å². The van der Waals surface area contributed by atoms with Crippen molar-refractivity contribution < 1.29 is 19.1 Å². The van der Waals surface area contributed by atoms with Crippen molar-refractivity contribution in [1.82, 2.24) is 4.90 Å². The smallest absolute Gasteiger partial charge is 0.338 e. The fourth-order valence-corrected chi connectivity index (χ4v) is 2.57. The van der Waals surface area contributed by atoms with Crippen LogP contribution in [0.1, 0.15) is 40.1 Å². The third kappa shape index (κ3) is 5.67. The summed E-state index contributed by atoms with van der Waals surface area (Å²) in [5.41, 5.74) is 2.43. The van der Waals surface area contributed by atoms with Crippen molar-refractivity contribution in [2.75, 3.05) is 25.0 Å². The van der Waals surface area contributed by atoms with Crippen molar-refractivity contribution >= 4 is 23.5 Å². The molecule has 0 atom stereocenters. The van der Waals surface area contributed by atoms with Gasteiger partial charge in [0.2, 0.25) is 0 Å². The molecule has 6 nitrogen and oxygen atoms in total. The van der Waals surface area contributed by atoms with Gasteiger partial charge < -0.3 is 15.0 Å². The molecule has 2 rings (SSSR count). The van der Waals surface area contributed by atoms with Crippen LogP contribution in [0, 0.1) is 6.92 Å². The zero-order valence-electron chi connectivity index (χ0n) is 15.8. The van der Waals surface area contributed by atoms with E-state index < -0.39 is 11.9 Å². The number of rotatable bonds is 7. The van der Waals surface area contributed by atoms with Gasteiger partial charge in [-0.3, -0.25) is 9.59 Å². The van der Waals surface area contributed by atoms with Crippen molar-refractivity contribution in [3.63, 3.8) is 0 Å². The molecule has 0 saturated heterocycles. The van der Waals surface area contributed by atoms with Crippen LogP contribution in [0.3, 0.4) is 0 Å². The van der Waals surface area contributed by atoms with Gasteiger partial charge in [-0.1, -0.05) is 17.7 Å². The predicted molar refractivity (Wildman–Crippen MR) is 104 cm³/mol. The monoisotopic (exact) mass is 368 g/mol. The van der Waals surface area contributed by atoms with Gasteiger partial charge in [-0.05, 0) is 57.2 Å². The van der Waals surface area contributed by atoms with Crippen molar-refractivity contribution in [1.29, 1.82) is 0 Å². The highest BCUT2D eigenvalue weighted by atomic mass is 16.5. The van der Waals surface area contributed by atoms with E-state index in [1.807, 2.05) is 26.8 Å². The van der Waals surface area contributed by atoms with E-state index in [0.717, 1.165) is 5.56 Å². The van der Waals surface area contributed by atoms with Gasteiger partial charge in [-0.15, -0.1) is 0 Å². The number of hydrogen-bond acceptors (Lipinski definition) is 4. The first-order chi connectivity index (χ1) is 12.9. The average molecular weight is 368 g/mol. The summed E-state index contributed by atoms with van der Waals surface area (Å²) in [6, 6.07) is 13.6. The molecule has 6 heteroatoms. The summed E-state index contributed by atoms with van der Waals surface area (Å²) < 4.78 is 5.03. The first-order valence-electron chi connectivity index (χ1n) is 8.87. The molecule has 0 spiro atoms. The molecule has 2 amide bonds. The molecule has 0 saturated carbocycles. The van der Waals surface area contributed by atoms with Gasteiger partial charge in [0.1, 0.15) is 0 Å². The van der Waals surface area contributed by atoms with Crippen molar-refractivity contribution in [2.45, 2.75) is 20.8 Å². The molecular weight excluding hydrogens is 344 g/mol. The fourth-order valence-electron chi connectivity index (χ4n) is 2.57. The Kier molecular flexibility index (Phi) is 7.11. The SMILES string of the molecule is CCN(CC)C(=O)c1ccc(NC(=O)COC(=O)c2cccc(C)c2)cc1. The standard InChI is InChI=1S/C21H24N2O4/c1-4-23(5-2)20(25)16-9-11-18(12-10-16)22-19(24)14-27-21(26)17-8-6-7-15(3)13-17/h6-13H,4-5,14H2,1-3H3,(H,22,24). The van der Waals surface area contributed by atoms with Crippen LogP contribution in [0.25, 0.3) is 0 Å². The van der Waals surface area contributed by atoms with Gasteiger partial charge in [-0.25, -0.2) is 4.79 Å². The molecule has 0 aliphatic heterocycles. The lowest BCUT2D eigenvalue weighted by Gasteiger charge is -2.18. The minimum absolute atomic E-state index is 0.0510. The molecule has 0 bridgehead atoms.